The van der Waals surface area contributed by atoms with E-state index in [0.717, 1.165) is 25.7 Å². The molecule has 0 unspecified atom stereocenters. The summed E-state index contributed by atoms with van der Waals surface area (Å²) in [6, 6.07) is 0. The van der Waals surface area contributed by atoms with Gasteiger partial charge in [0.05, 0.1) is 0 Å². The van der Waals surface area contributed by atoms with Crippen LogP contribution in [-0.4, -0.2) is 11.6 Å². The summed E-state index contributed by atoms with van der Waals surface area (Å²) in [7, 11) is 0. The summed E-state index contributed by atoms with van der Waals surface area (Å²) in [5.41, 5.74) is 0. The van der Waals surface area contributed by atoms with Crippen molar-refractivity contribution in [3.05, 3.63) is 0 Å². The first-order chi connectivity index (χ1) is 5.75. The molecule has 4 aliphatic carbocycles. The standard InChI is InChI=1S/C10H12O2/c11-9-5-1-6-3-8(9)4-7(2-5)10(6)12/h5-8H,1-4H2. The van der Waals surface area contributed by atoms with E-state index >= 15 is 0 Å². The maximum atomic E-state index is 11.6. The molecule has 0 heterocycles. The predicted molar refractivity (Wildman–Crippen MR) is 42.4 cm³/mol. The SMILES string of the molecule is O=C1C2CC3CC1CC(C2)C3=O. The van der Waals surface area contributed by atoms with E-state index in [1.807, 2.05) is 0 Å². The van der Waals surface area contributed by atoms with Gasteiger partial charge in [0, 0.05) is 23.7 Å². The monoisotopic (exact) mass is 164 g/mol. The minimum Gasteiger partial charge on any atom is -0.299 e. The van der Waals surface area contributed by atoms with Crippen molar-refractivity contribution in [3.8, 4) is 0 Å². The van der Waals surface area contributed by atoms with Crippen LogP contribution in [0.5, 0.6) is 0 Å². The summed E-state index contributed by atoms with van der Waals surface area (Å²) in [5.74, 6) is 2.01. The number of carbonyl (C=O) groups excluding carboxylic acids is 2. The van der Waals surface area contributed by atoms with Crippen molar-refractivity contribution < 1.29 is 9.59 Å². The van der Waals surface area contributed by atoms with Crippen LogP contribution >= 0.6 is 0 Å². The largest absolute Gasteiger partial charge is 0.299 e. The summed E-state index contributed by atoms with van der Waals surface area (Å²) < 4.78 is 0. The first-order valence-electron chi connectivity index (χ1n) is 4.83. The molecule has 2 nitrogen and oxygen atoms in total. The molecule has 0 aromatic carbocycles. The zero-order valence-electron chi connectivity index (χ0n) is 6.95. The van der Waals surface area contributed by atoms with Gasteiger partial charge in [0.2, 0.25) is 0 Å². The normalized spacial score (nSPS) is 50.3. The van der Waals surface area contributed by atoms with Gasteiger partial charge in [0.15, 0.2) is 0 Å². The molecule has 0 saturated heterocycles. The Hall–Kier alpha value is -0.660. The topological polar surface area (TPSA) is 34.1 Å². The number of Topliss-reactive ketones (excluding diaryl/α,β-unsaturated/α-hetero) is 2. The third kappa shape index (κ3) is 0.661. The fraction of sp³-hybridized carbons (Fsp3) is 0.800. The second-order valence-corrected chi connectivity index (χ2v) is 4.54. The molecule has 0 spiro atoms. The molecule has 0 N–H and O–H groups in total. The third-order valence-corrected chi connectivity index (χ3v) is 3.89. The van der Waals surface area contributed by atoms with Gasteiger partial charge in [-0.15, -0.1) is 0 Å². The zero-order valence-corrected chi connectivity index (χ0v) is 6.95. The van der Waals surface area contributed by atoms with Crippen LogP contribution in [0.1, 0.15) is 25.7 Å². The van der Waals surface area contributed by atoms with Gasteiger partial charge in [0.1, 0.15) is 11.6 Å². The Bertz CT molecular complexity index is 209. The highest BCUT2D eigenvalue weighted by Crippen LogP contribution is 2.49. The Morgan fingerprint density at radius 3 is 1.17 bits per heavy atom. The average molecular weight is 164 g/mol. The van der Waals surface area contributed by atoms with Crippen molar-refractivity contribution in [3.63, 3.8) is 0 Å². The first-order valence-corrected chi connectivity index (χ1v) is 4.83. The fourth-order valence-corrected chi connectivity index (χ4v) is 3.35. The van der Waals surface area contributed by atoms with Crippen molar-refractivity contribution in [1.82, 2.24) is 0 Å². The Balaban J connectivity index is 2.01. The average Bonchev–Trinajstić information content (AvgIpc) is 2.02. The zero-order chi connectivity index (χ0) is 8.29. The lowest BCUT2D eigenvalue weighted by atomic mass is 9.55. The van der Waals surface area contributed by atoms with Crippen LogP contribution in [0.25, 0.3) is 0 Å². The Morgan fingerprint density at radius 2 is 0.917 bits per heavy atom. The van der Waals surface area contributed by atoms with E-state index < -0.39 is 0 Å². The molecule has 4 rings (SSSR count). The van der Waals surface area contributed by atoms with E-state index in [2.05, 4.69) is 0 Å². The van der Waals surface area contributed by atoms with Gasteiger partial charge in [-0.3, -0.25) is 9.59 Å². The summed E-state index contributed by atoms with van der Waals surface area (Å²) in [6.07, 6.45) is 3.52. The quantitative estimate of drug-likeness (QED) is 0.539. The molecule has 0 amide bonds. The fourth-order valence-electron chi connectivity index (χ4n) is 3.35. The van der Waals surface area contributed by atoms with Crippen molar-refractivity contribution in [2.75, 3.05) is 0 Å². The van der Waals surface area contributed by atoms with Gasteiger partial charge in [-0.1, -0.05) is 0 Å². The molecule has 4 bridgehead atoms. The highest BCUT2D eigenvalue weighted by molar-refractivity contribution is 5.95. The van der Waals surface area contributed by atoms with Crippen LogP contribution in [0, 0.1) is 23.7 Å². The van der Waals surface area contributed by atoms with Crippen molar-refractivity contribution >= 4 is 11.6 Å². The van der Waals surface area contributed by atoms with E-state index in [9.17, 15) is 9.59 Å². The molecule has 4 aliphatic rings. The Kier molecular flexibility index (Phi) is 1.12. The van der Waals surface area contributed by atoms with Gasteiger partial charge in [-0.25, -0.2) is 0 Å². The van der Waals surface area contributed by atoms with E-state index in [4.69, 9.17) is 0 Å². The van der Waals surface area contributed by atoms with Crippen molar-refractivity contribution in [2.45, 2.75) is 25.7 Å². The summed E-state index contributed by atoms with van der Waals surface area (Å²) >= 11 is 0. The van der Waals surface area contributed by atoms with Gasteiger partial charge in [-0.2, -0.15) is 0 Å². The molecule has 0 aliphatic heterocycles. The second-order valence-electron chi connectivity index (χ2n) is 4.54. The molecule has 64 valence electrons. The van der Waals surface area contributed by atoms with E-state index in [1.165, 1.54) is 0 Å². The van der Waals surface area contributed by atoms with Crippen LogP contribution in [0.15, 0.2) is 0 Å². The van der Waals surface area contributed by atoms with E-state index in [1.54, 1.807) is 0 Å². The molecule has 12 heavy (non-hydrogen) atoms. The molecule has 2 heteroatoms. The molecular weight excluding hydrogens is 152 g/mol. The maximum absolute atomic E-state index is 11.6. The van der Waals surface area contributed by atoms with Crippen molar-refractivity contribution in [2.24, 2.45) is 23.7 Å². The van der Waals surface area contributed by atoms with Gasteiger partial charge in [0.25, 0.3) is 0 Å². The minimum absolute atomic E-state index is 0.269. The number of rotatable bonds is 0. The second kappa shape index (κ2) is 1.98. The lowest BCUT2D eigenvalue weighted by molar-refractivity contribution is -0.150. The first kappa shape index (κ1) is 6.81. The number of hydrogen-bond donors (Lipinski definition) is 0. The molecule has 0 atom stereocenters. The number of ketones is 2. The van der Waals surface area contributed by atoms with Gasteiger partial charge >= 0.3 is 0 Å². The number of hydrogen-bond acceptors (Lipinski definition) is 2. The highest BCUT2D eigenvalue weighted by Gasteiger charge is 2.51. The van der Waals surface area contributed by atoms with Crippen LogP contribution in [0.3, 0.4) is 0 Å². The smallest absolute Gasteiger partial charge is 0.139 e. The Morgan fingerprint density at radius 1 is 0.667 bits per heavy atom. The molecule has 4 saturated carbocycles. The summed E-state index contributed by atoms with van der Waals surface area (Å²) in [5, 5.41) is 0. The van der Waals surface area contributed by atoms with Crippen LogP contribution in [0.4, 0.5) is 0 Å². The Labute approximate surface area is 71.3 Å². The van der Waals surface area contributed by atoms with Crippen LogP contribution < -0.4 is 0 Å². The van der Waals surface area contributed by atoms with Crippen molar-refractivity contribution in [1.29, 1.82) is 0 Å². The van der Waals surface area contributed by atoms with E-state index in [0.29, 0.717) is 11.6 Å². The lowest BCUT2D eigenvalue weighted by Gasteiger charge is -2.47. The third-order valence-electron chi connectivity index (χ3n) is 3.89. The minimum atomic E-state index is 0.269. The molecular formula is C10H12O2. The lowest BCUT2D eigenvalue weighted by Crippen LogP contribution is -2.50. The summed E-state index contributed by atoms with van der Waals surface area (Å²) in [4.78, 5) is 23.1. The van der Waals surface area contributed by atoms with Crippen LogP contribution in [0.2, 0.25) is 0 Å². The molecule has 0 aromatic heterocycles. The number of carbonyl (C=O) groups is 2. The molecule has 0 radical (unpaired) electrons. The predicted octanol–water partition coefficient (Wildman–Crippen LogP) is 1.19. The molecule has 0 aromatic rings. The highest BCUT2D eigenvalue weighted by atomic mass is 16.1. The van der Waals surface area contributed by atoms with E-state index in [-0.39, 0.29) is 23.7 Å². The van der Waals surface area contributed by atoms with Gasteiger partial charge in [-0.05, 0) is 25.7 Å². The van der Waals surface area contributed by atoms with Gasteiger partial charge < -0.3 is 0 Å². The summed E-state index contributed by atoms with van der Waals surface area (Å²) in [6.45, 7) is 0. The maximum Gasteiger partial charge on any atom is 0.139 e. The van der Waals surface area contributed by atoms with Crippen LogP contribution in [-0.2, 0) is 9.59 Å². The molecule has 4 fully saturated rings.